The number of hydrogen-bond acceptors (Lipinski definition) is 1. The van der Waals surface area contributed by atoms with Crippen LogP contribution in [-0.2, 0) is 4.74 Å². The molecule has 0 heterocycles. The number of ether oxygens (including phenoxy) is 1. The Hall–Kier alpha value is -0.300. The van der Waals surface area contributed by atoms with Gasteiger partial charge in [-0.05, 0) is 18.3 Å². The van der Waals surface area contributed by atoms with Gasteiger partial charge in [0.05, 0.1) is 6.61 Å². The first kappa shape index (κ1) is 11.7. The van der Waals surface area contributed by atoms with Crippen LogP contribution in [0.3, 0.4) is 0 Å². The Balaban J connectivity index is 3.11. The summed E-state index contributed by atoms with van der Waals surface area (Å²) < 4.78 is 5.43. The zero-order valence-corrected chi connectivity index (χ0v) is 8.84. The number of allylic oxidation sites excluding steroid dienone is 1. The van der Waals surface area contributed by atoms with Crippen molar-refractivity contribution in [2.24, 2.45) is 11.8 Å². The van der Waals surface area contributed by atoms with Gasteiger partial charge >= 0.3 is 0 Å². The van der Waals surface area contributed by atoms with E-state index in [1.54, 1.807) is 0 Å². The summed E-state index contributed by atoms with van der Waals surface area (Å²) in [6, 6.07) is 0. The van der Waals surface area contributed by atoms with Gasteiger partial charge in [-0.15, -0.1) is 0 Å². The molecule has 0 unspecified atom stereocenters. The molecule has 1 heteroatoms. The van der Waals surface area contributed by atoms with Crippen molar-refractivity contribution in [1.29, 1.82) is 0 Å². The van der Waals surface area contributed by atoms with Crippen molar-refractivity contribution in [1.82, 2.24) is 0 Å². The van der Waals surface area contributed by atoms with Crippen molar-refractivity contribution in [3.63, 3.8) is 0 Å². The van der Waals surface area contributed by atoms with Crippen LogP contribution in [0.2, 0.25) is 0 Å². The van der Waals surface area contributed by atoms with E-state index in [1.165, 1.54) is 0 Å². The molecule has 0 aromatic heterocycles. The third-order valence-corrected chi connectivity index (χ3v) is 1.40. The smallest absolute Gasteiger partial charge is 0.0500 e. The molecule has 0 saturated heterocycles. The largest absolute Gasteiger partial charge is 0.381 e. The Kier molecular flexibility index (Phi) is 7.17. The lowest BCUT2D eigenvalue weighted by Gasteiger charge is -2.04. The monoisotopic (exact) mass is 170 g/mol. The molecule has 1 nitrogen and oxygen atoms in total. The Bertz CT molecular complexity index is 114. The zero-order valence-electron chi connectivity index (χ0n) is 8.84. The fourth-order valence-electron chi connectivity index (χ4n) is 0.839. The highest BCUT2D eigenvalue weighted by Crippen LogP contribution is 1.97. The summed E-state index contributed by atoms with van der Waals surface area (Å²) in [6.07, 6.45) is 5.47. The van der Waals surface area contributed by atoms with E-state index in [-0.39, 0.29) is 0 Å². The van der Waals surface area contributed by atoms with Crippen LogP contribution in [0.5, 0.6) is 0 Å². The molecule has 12 heavy (non-hydrogen) atoms. The van der Waals surface area contributed by atoms with Gasteiger partial charge in [-0.25, -0.2) is 0 Å². The van der Waals surface area contributed by atoms with Gasteiger partial charge < -0.3 is 4.74 Å². The molecule has 72 valence electrons. The van der Waals surface area contributed by atoms with E-state index in [1.807, 2.05) is 0 Å². The lowest BCUT2D eigenvalue weighted by Crippen LogP contribution is -2.02. The molecule has 0 aromatic carbocycles. The maximum atomic E-state index is 5.43. The van der Waals surface area contributed by atoms with Gasteiger partial charge in [0, 0.05) is 6.61 Å². The maximum Gasteiger partial charge on any atom is 0.0500 e. The second kappa shape index (κ2) is 7.35. The summed E-state index contributed by atoms with van der Waals surface area (Å²) >= 11 is 0. The van der Waals surface area contributed by atoms with Gasteiger partial charge in [0.2, 0.25) is 0 Å². The first-order chi connectivity index (χ1) is 5.63. The lowest BCUT2D eigenvalue weighted by atomic mass is 10.2. The van der Waals surface area contributed by atoms with Crippen LogP contribution in [-0.4, -0.2) is 13.2 Å². The van der Waals surface area contributed by atoms with E-state index in [9.17, 15) is 0 Å². The molecule has 0 amide bonds. The minimum Gasteiger partial charge on any atom is -0.381 e. The first-order valence-corrected chi connectivity index (χ1v) is 4.87. The number of hydrogen-bond donors (Lipinski definition) is 0. The Morgan fingerprint density at radius 3 is 2.33 bits per heavy atom. The summed E-state index contributed by atoms with van der Waals surface area (Å²) in [5.41, 5.74) is 0. The van der Waals surface area contributed by atoms with E-state index in [2.05, 4.69) is 39.8 Å². The van der Waals surface area contributed by atoms with Gasteiger partial charge in [-0.1, -0.05) is 39.8 Å². The molecule has 0 saturated carbocycles. The third-order valence-electron chi connectivity index (χ3n) is 1.40. The quantitative estimate of drug-likeness (QED) is 0.439. The van der Waals surface area contributed by atoms with E-state index >= 15 is 0 Å². The summed E-state index contributed by atoms with van der Waals surface area (Å²) in [7, 11) is 0. The second-order valence-electron chi connectivity index (χ2n) is 3.93. The molecule has 0 aliphatic carbocycles. The van der Waals surface area contributed by atoms with Crippen molar-refractivity contribution >= 4 is 0 Å². The summed E-state index contributed by atoms with van der Waals surface area (Å²) in [6.45, 7) is 10.5. The van der Waals surface area contributed by atoms with Crippen molar-refractivity contribution in [2.45, 2.75) is 34.1 Å². The molecule has 0 aliphatic rings. The number of rotatable bonds is 6. The van der Waals surface area contributed by atoms with Gasteiger partial charge in [-0.3, -0.25) is 0 Å². The highest BCUT2D eigenvalue weighted by atomic mass is 16.5. The van der Waals surface area contributed by atoms with Crippen LogP contribution in [0, 0.1) is 11.8 Å². The molecular formula is C11H22O. The molecule has 0 aromatic rings. The highest BCUT2D eigenvalue weighted by Gasteiger charge is 1.91. The summed E-state index contributed by atoms with van der Waals surface area (Å²) in [5.74, 6) is 1.31. The molecular weight excluding hydrogens is 148 g/mol. The third kappa shape index (κ3) is 9.70. The molecule has 0 rings (SSSR count). The van der Waals surface area contributed by atoms with Gasteiger partial charge in [0.1, 0.15) is 0 Å². The van der Waals surface area contributed by atoms with Crippen molar-refractivity contribution < 1.29 is 4.74 Å². The average Bonchev–Trinajstić information content (AvgIpc) is 1.95. The Morgan fingerprint density at radius 1 is 1.17 bits per heavy atom. The van der Waals surface area contributed by atoms with Crippen molar-refractivity contribution in [2.75, 3.05) is 13.2 Å². The maximum absolute atomic E-state index is 5.43. The Morgan fingerprint density at radius 2 is 1.83 bits per heavy atom. The van der Waals surface area contributed by atoms with E-state index in [0.29, 0.717) is 11.8 Å². The minimum absolute atomic E-state index is 0.652. The second-order valence-corrected chi connectivity index (χ2v) is 3.93. The SMILES string of the molecule is CC(C)/C=C/CCOCC(C)C. The lowest BCUT2D eigenvalue weighted by molar-refractivity contribution is 0.114. The zero-order chi connectivity index (χ0) is 9.40. The summed E-state index contributed by atoms with van der Waals surface area (Å²) in [4.78, 5) is 0. The van der Waals surface area contributed by atoms with Gasteiger partial charge in [0.25, 0.3) is 0 Å². The van der Waals surface area contributed by atoms with Crippen molar-refractivity contribution in [3.05, 3.63) is 12.2 Å². The summed E-state index contributed by atoms with van der Waals surface area (Å²) in [5, 5.41) is 0. The van der Waals surface area contributed by atoms with E-state index in [4.69, 9.17) is 4.74 Å². The molecule has 0 spiro atoms. The molecule has 0 radical (unpaired) electrons. The first-order valence-electron chi connectivity index (χ1n) is 4.87. The topological polar surface area (TPSA) is 9.23 Å². The molecule has 0 atom stereocenters. The van der Waals surface area contributed by atoms with E-state index < -0.39 is 0 Å². The predicted molar refractivity (Wildman–Crippen MR) is 54.3 cm³/mol. The van der Waals surface area contributed by atoms with Gasteiger partial charge in [-0.2, -0.15) is 0 Å². The predicted octanol–water partition coefficient (Wildman–Crippen LogP) is 3.26. The Labute approximate surface area is 76.8 Å². The highest BCUT2D eigenvalue weighted by molar-refractivity contribution is 4.83. The normalized spacial score (nSPS) is 12.2. The van der Waals surface area contributed by atoms with Crippen LogP contribution in [0.4, 0.5) is 0 Å². The molecule has 0 N–H and O–H groups in total. The van der Waals surface area contributed by atoms with Crippen LogP contribution < -0.4 is 0 Å². The van der Waals surface area contributed by atoms with E-state index in [0.717, 1.165) is 19.6 Å². The van der Waals surface area contributed by atoms with Crippen LogP contribution in [0.25, 0.3) is 0 Å². The average molecular weight is 170 g/mol. The molecule has 0 aliphatic heterocycles. The van der Waals surface area contributed by atoms with Crippen LogP contribution in [0.15, 0.2) is 12.2 Å². The van der Waals surface area contributed by atoms with Gasteiger partial charge in [0.15, 0.2) is 0 Å². The fourth-order valence-corrected chi connectivity index (χ4v) is 0.839. The van der Waals surface area contributed by atoms with Crippen LogP contribution >= 0.6 is 0 Å². The van der Waals surface area contributed by atoms with Crippen molar-refractivity contribution in [3.8, 4) is 0 Å². The van der Waals surface area contributed by atoms with Crippen LogP contribution in [0.1, 0.15) is 34.1 Å². The fraction of sp³-hybridized carbons (Fsp3) is 0.818. The minimum atomic E-state index is 0.652. The standard InChI is InChI=1S/C11H22O/c1-10(2)7-5-6-8-12-9-11(3)4/h5,7,10-11H,6,8-9H2,1-4H3/b7-5+. The molecule has 0 fully saturated rings. The molecule has 0 bridgehead atoms.